The van der Waals surface area contributed by atoms with Gasteiger partial charge >= 0.3 is 0 Å². The fourth-order valence-corrected chi connectivity index (χ4v) is 3.11. The first-order valence-corrected chi connectivity index (χ1v) is 8.27. The maximum absolute atomic E-state index is 5.83. The average Bonchev–Trinajstić information content (AvgIpc) is 2.87. The lowest BCUT2D eigenvalue weighted by atomic mass is 9.77. The van der Waals surface area contributed by atoms with Crippen LogP contribution in [0, 0.1) is 5.41 Å². The molecule has 3 nitrogen and oxygen atoms in total. The maximum atomic E-state index is 5.83. The summed E-state index contributed by atoms with van der Waals surface area (Å²) in [4.78, 5) is 0. The second kappa shape index (κ2) is 8.40. The van der Waals surface area contributed by atoms with E-state index in [9.17, 15) is 0 Å². The van der Waals surface area contributed by atoms with Crippen molar-refractivity contribution in [3.63, 3.8) is 0 Å². The summed E-state index contributed by atoms with van der Waals surface area (Å²) in [5, 5.41) is 3.59. The monoisotopic (exact) mass is 291 g/mol. The molecule has 21 heavy (non-hydrogen) atoms. The van der Waals surface area contributed by atoms with Gasteiger partial charge in [0.15, 0.2) is 0 Å². The first-order chi connectivity index (χ1) is 10.3. The van der Waals surface area contributed by atoms with Crippen LogP contribution in [0.3, 0.4) is 0 Å². The van der Waals surface area contributed by atoms with E-state index in [1.165, 1.54) is 6.42 Å². The van der Waals surface area contributed by atoms with E-state index >= 15 is 0 Å². The van der Waals surface area contributed by atoms with Crippen LogP contribution in [0.15, 0.2) is 30.3 Å². The van der Waals surface area contributed by atoms with Gasteiger partial charge in [-0.05, 0) is 51.3 Å². The number of para-hydroxylation sites is 1. The molecule has 3 heteroatoms. The Labute approximate surface area is 129 Å². The summed E-state index contributed by atoms with van der Waals surface area (Å²) < 4.78 is 11.6. The Morgan fingerprint density at radius 2 is 2.14 bits per heavy atom. The van der Waals surface area contributed by atoms with Gasteiger partial charge in [-0.15, -0.1) is 0 Å². The van der Waals surface area contributed by atoms with Crippen LogP contribution in [-0.4, -0.2) is 32.4 Å². The van der Waals surface area contributed by atoms with Gasteiger partial charge in [0.25, 0.3) is 0 Å². The number of benzene rings is 1. The number of nitrogens with one attached hydrogen (secondary N) is 1. The molecule has 118 valence electrons. The lowest BCUT2D eigenvalue weighted by molar-refractivity contribution is 0.0553. The van der Waals surface area contributed by atoms with Gasteiger partial charge in [0, 0.05) is 18.6 Å². The van der Waals surface area contributed by atoms with Crippen molar-refractivity contribution in [3.8, 4) is 5.75 Å². The normalized spacial score (nSPS) is 25.1. The molecule has 0 bridgehead atoms. The van der Waals surface area contributed by atoms with Gasteiger partial charge in [-0.1, -0.05) is 25.1 Å². The van der Waals surface area contributed by atoms with E-state index in [1.807, 2.05) is 30.3 Å². The molecule has 0 saturated carbocycles. The Hall–Kier alpha value is -1.06. The summed E-state index contributed by atoms with van der Waals surface area (Å²) in [7, 11) is 0. The Bertz CT molecular complexity index is 395. The van der Waals surface area contributed by atoms with Gasteiger partial charge in [-0.3, -0.25) is 0 Å². The van der Waals surface area contributed by atoms with Crippen LogP contribution >= 0.6 is 0 Å². The zero-order valence-corrected chi connectivity index (χ0v) is 13.4. The number of hydrogen-bond donors (Lipinski definition) is 1. The molecule has 2 unspecified atom stereocenters. The molecule has 1 aromatic rings. The van der Waals surface area contributed by atoms with E-state index in [-0.39, 0.29) is 5.41 Å². The highest BCUT2D eigenvalue weighted by atomic mass is 16.5. The van der Waals surface area contributed by atoms with Crippen LogP contribution < -0.4 is 10.1 Å². The summed E-state index contributed by atoms with van der Waals surface area (Å²) in [5.41, 5.74) is 0.287. The fourth-order valence-electron chi connectivity index (χ4n) is 3.11. The van der Waals surface area contributed by atoms with E-state index in [0.717, 1.165) is 51.3 Å². The molecule has 1 aliphatic heterocycles. The summed E-state index contributed by atoms with van der Waals surface area (Å²) in [6.07, 6.45) is 4.94. The van der Waals surface area contributed by atoms with Crippen LogP contribution in [0.2, 0.25) is 0 Å². The van der Waals surface area contributed by atoms with Crippen molar-refractivity contribution in [1.29, 1.82) is 0 Å². The van der Waals surface area contributed by atoms with Crippen molar-refractivity contribution in [2.75, 3.05) is 26.3 Å². The van der Waals surface area contributed by atoms with Crippen molar-refractivity contribution in [3.05, 3.63) is 30.3 Å². The molecular weight excluding hydrogens is 262 g/mol. The molecule has 0 radical (unpaired) electrons. The molecule has 1 N–H and O–H groups in total. The lowest BCUT2D eigenvalue weighted by Gasteiger charge is -2.32. The fraction of sp³-hybridized carbons (Fsp3) is 0.667. The molecule has 1 fully saturated rings. The smallest absolute Gasteiger partial charge is 0.119 e. The molecule has 2 atom stereocenters. The van der Waals surface area contributed by atoms with Gasteiger partial charge in [0.1, 0.15) is 5.75 Å². The minimum absolute atomic E-state index is 0.287. The Morgan fingerprint density at radius 3 is 2.81 bits per heavy atom. The topological polar surface area (TPSA) is 30.5 Å². The third-order valence-corrected chi connectivity index (χ3v) is 4.56. The summed E-state index contributed by atoms with van der Waals surface area (Å²) in [6, 6.07) is 10.1. The molecule has 1 saturated heterocycles. The quantitative estimate of drug-likeness (QED) is 0.705. The van der Waals surface area contributed by atoms with E-state index < -0.39 is 0 Å². The molecule has 0 amide bonds. The molecule has 1 aliphatic rings. The third-order valence-electron chi connectivity index (χ3n) is 4.56. The van der Waals surface area contributed by atoms with Crippen molar-refractivity contribution >= 4 is 0 Å². The zero-order chi connectivity index (χ0) is 15.0. The highest BCUT2D eigenvalue weighted by Crippen LogP contribution is 2.38. The maximum Gasteiger partial charge on any atom is 0.119 e. The second-order valence-corrected chi connectivity index (χ2v) is 6.07. The van der Waals surface area contributed by atoms with Crippen molar-refractivity contribution < 1.29 is 9.47 Å². The minimum Gasteiger partial charge on any atom is -0.494 e. The number of ether oxygens (including phenoxy) is 2. The van der Waals surface area contributed by atoms with Gasteiger partial charge in [0.2, 0.25) is 0 Å². The largest absolute Gasteiger partial charge is 0.494 e. The highest BCUT2D eigenvalue weighted by Gasteiger charge is 2.40. The summed E-state index contributed by atoms with van der Waals surface area (Å²) in [6.45, 7) is 8.27. The van der Waals surface area contributed by atoms with Crippen LogP contribution in [0.1, 0.15) is 39.5 Å². The molecule has 0 aliphatic carbocycles. The molecule has 0 aromatic heterocycles. The Morgan fingerprint density at radius 1 is 1.33 bits per heavy atom. The van der Waals surface area contributed by atoms with Crippen molar-refractivity contribution in [2.45, 2.75) is 45.6 Å². The van der Waals surface area contributed by atoms with E-state index in [4.69, 9.17) is 9.47 Å². The van der Waals surface area contributed by atoms with E-state index in [2.05, 4.69) is 19.2 Å². The van der Waals surface area contributed by atoms with Gasteiger partial charge in [-0.2, -0.15) is 0 Å². The van der Waals surface area contributed by atoms with E-state index in [1.54, 1.807) is 0 Å². The highest BCUT2D eigenvalue weighted by molar-refractivity contribution is 5.20. The van der Waals surface area contributed by atoms with E-state index in [0.29, 0.717) is 6.10 Å². The van der Waals surface area contributed by atoms with Gasteiger partial charge in [-0.25, -0.2) is 0 Å². The lowest BCUT2D eigenvalue weighted by Crippen LogP contribution is -2.40. The first-order valence-electron chi connectivity index (χ1n) is 8.27. The standard InChI is InChI=1S/C18H29NO2/c1-3-12-19-15-18(11-14-20-16(18)2)10-7-13-21-17-8-5-4-6-9-17/h4-6,8-9,16,19H,3,7,10-15H2,1-2H3. The molecule has 0 spiro atoms. The van der Waals surface area contributed by atoms with Gasteiger partial charge < -0.3 is 14.8 Å². The summed E-state index contributed by atoms with van der Waals surface area (Å²) >= 11 is 0. The summed E-state index contributed by atoms with van der Waals surface area (Å²) in [5.74, 6) is 0.964. The van der Waals surface area contributed by atoms with Crippen molar-refractivity contribution in [2.24, 2.45) is 5.41 Å². The SMILES string of the molecule is CCCNCC1(CCCOc2ccccc2)CCOC1C. The van der Waals surface area contributed by atoms with Gasteiger partial charge in [0.05, 0.1) is 12.7 Å². The third kappa shape index (κ3) is 4.72. The Balaban J connectivity index is 1.76. The molecule has 1 heterocycles. The first kappa shape index (κ1) is 16.3. The molecule has 1 aromatic carbocycles. The molecular formula is C18H29NO2. The zero-order valence-electron chi connectivity index (χ0n) is 13.4. The predicted molar refractivity (Wildman–Crippen MR) is 86.8 cm³/mol. The number of hydrogen-bond acceptors (Lipinski definition) is 3. The molecule has 2 rings (SSSR count). The van der Waals surface area contributed by atoms with Crippen molar-refractivity contribution in [1.82, 2.24) is 5.32 Å². The predicted octanol–water partition coefficient (Wildman–Crippen LogP) is 3.64. The average molecular weight is 291 g/mol. The second-order valence-electron chi connectivity index (χ2n) is 6.07. The van der Waals surface area contributed by atoms with Crippen LogP contribution in [0.25, 0.3) is 0 Å². The Kier molecular flexibility index (Phi) is 6.52. The number of rotatable bonds is 9. The van der Waals surface area contributed by atoms with Crippen LogP contribution in [0.5, 0.6) is 5.75 Å². The van der Waals surface area contributed by atoms with Crippen LogP contribution in [0.4, 0.5) is 0 Å². The van der Waals surface area contributed by atoms with Crippen LogP contribution in [-0.2, 0) is 4.74 Å². The minimum atomic E-state index is 0.287.